The van der Waals surface area contributed by atoms with Crippen LogP contribution >= 0.6 is 0 Å². The van der Waals surface area contributed by atoms with Crippen LogP contribution in [0.2, 0.25) is 0 Å². The van der Waals surface area contributed by atoms with Crippen molar-refractivity contribution in [2.45, 2.75) is 0 Å². The first kappa shape index (κ1) is 15.1. The highest BCUT2D eigenvalue weighted by molar-refractivity contribution is 5.67. The summed E-state index contributed by atoms with van der Waals surface area (Å²) in [5.41, 5.74) is -1.09. The molecule has 0 aliphatic rings. The minimum atomic E-state index is -1.08. The predicted molar refractivity (Wildman–Crippen MR) is 74.1 cm³/mol. The van der Waals surface area contributed by atoms with E-state index in [0.717, 1.165) is 18.2 Å². The lowest BCUT2D eigenvalue weighted by Crippen LogP contribution is -2.33. The van der Waals surface area contributed by atoms with Crippen LogP contribution in [-0.4, -0.2) is 25.3 Å². The van der Waals surface area contributed by atoms with E-state index in [9.17, 15) is 29.9 Å². The number of hydrogen-bond donors (Lipinski definition) is 2. The third-order valence-electron chi connectivity index (χ3n) is 3.06. The number of rotatable bonds is 3. The van der Waals surface area contributed by atoms with Gasteiger partial charge >= 0.3 is 17.5 Å². The molecule has 122 valence electrons. The van der Waals surface area contributed by atoms with Crippen molar-refractivity contribution < 1.29 is 28.7 Å². The van der Waals surface area contributed by atoms with Crippen molar-refractivity contribution in [1.29, 1.82) is 0 Å². The quantitative estimate of drug-likeness (QED) is 0.183. The Labute approximate surface area is 131 Å². The van der Waals surface area contributed by atoms with Crippen LogP contribution in [0.3, 0.4) is 0 Å². The van der Waals surface area contributed by atoms with Gasteiger partial charge in [0.15, 0.2) is 5.75 Å². The van der Waals surface area contributed by atoms with Crippen molar-refractivity contribution in [2.75, 3.05) is 0 Å². The molecule has 0 spiro atoms. The SMILES string of the molecule is O=[N+]([O-])c1cc(-c2nnc(-c3cccc(F)[n+]3[O-])o2)cc(O)c1O. The van der Waals surface area contributed by atoms with Crippen molar-refractivity contribution in [2.24, 2.45) is 0 Å². The molecule has 2 aromatic heterocycles. The third kappa shape index (κ3) is 2.43. The molecule has 0 atom stereocenters. The second-order valence-electron chi connectivity index (χ2n) is 4.56. The first-order valence-corrected chi connectivity index (χ1v) is 6.31. The van der Waals surface area contributed by atoms with Gasteiger partial charge in [-0.15, -0.1) is 19.3 Å². The Hall–Kier alpha value is -3.76. The highest BCUT2D eigenvalue weighted by Crippen LogP contribution is 2.39. The summed E-state index contributed by atoms with van der Waals surface area (Å²) in [6.07, 6.45) is 0. The van der Waals surface area contributed by atoms with Gasteiger partial charge < -0.3 is 19.8 Å². The summed E-state index contributed by atoms with van der Waals surface area (Å²) in [5, 5.41) is 48.6. The lowest BCUT2D eigenvalue weighted by Gasteiger charge is -2.02. The molecule has 0 bridgehead atoms. The molecule has 10 nitrogen and oxygen atoms in total. The number of aromatic nitrogens is 3. The summed E-state index contributed by atoms with van der Waals surface area (Å²) in [6.45, 7) is 0. The monoisotopic (exact) mass is 334 g/mol. The van der Waals surface area contributed by atoms with Crippen molar-refractivity contribution in [3.63, 3.8) is 0 Å². The zero-order valence-corrected chi connectivity index (χ0v) is 11.6. The molecular formula is C13H7FN4O6. The molecule has 0 aliphatic heterocycles. The van der Waals surface area contributed by atoms with Gasteiger partial charge in [0.25, 0.3) is 5.69 Å². The molecule has 0 saturated carbocycles. The molecule has 0 saturated heterocycles. The normalized spacial score (nSPS) is 10.7. The molecule has 2 heterocycles. The van der Waals surface area contributed by atoms with Crippen molar-refractivity contribution in [1.82, 2.24) is 10.2 Å². The number of nitro groups is 1. The van der Waals surface area contributed by atoms with Crippen LogP contribution in [0.25, 0.3) is 23.0 Å². The van der Waals surface area contributed by atoms with Crippen molar-refractivity contribution >= 4 is 5.69 Å². The van der Waals surface area contributed by atoms with Crippen LogP contribution in [-0.2, 0) is 0 Å². The average molecular weight is 334 g/mol. The average Bonchev–Trinajstić information content (AvgIpc) is 3.02. The van der Waals surface area contributed by atoms with Gasteiger partial charge in [-0.2, -0.15) is 0 Å². The molecule has 0 radical (unpaired) electrons. The molecule has 2 N–H and O–H groups in total. The summed E-state index contributed by atoms with van der Waals surface area (Å²) in [7, 11) is 0. The maximum absolute atomic E-state index is 13.3. The maximum Gasteiger partial charge on any atom is 0.371 e. The van der Waals surface area contributed by atoms with Gasteiger partial charge in [-0.05, 0) is 12.1 Å². The Balaban J connectivity index is 2.09. The van der Waals surface area contributed by atoms with E-state index < -0.39 is 28.1 Å². The number of halogens is 1. The van der Waals surface area contributed by atoms with Crippen molar-refractivity contribution in [3.05, 3.63) is 51.6 Å². The Morgan fingerprint density at radius 1 is 1.21 bits per heavy atom. The third-order valence-corrected chi connectivity index (χ3v) is 3.06. The van der Waals surface area contributed by atoms with Gasteiger partial charge in [-0.3, -0.25) is 10.1 Å². The highest BCUT2D eigenvalue weighted by Gasteiger charge is 2.24. The predicted octanol–water partition coefficient (Wildman–Crippen LogP) is 1.50. The summed E-state index contributed by atoms with van der Waals surface area (Å²) in [5.74, 6) is -3.35. The highest BCUT2D eigenvalue weighted by atomic mass is 19.1. The minimum Gasteiger partial charge on any atom is -0.616 e. The zero-order chi connectivity index (χ0) is 17.4. The Morgan fingerprint density at radius 3 is 2.62 bits per heavy atom. The number of nitro benzene ring substituents is 1. The summed E-state index contributed by atoms with van der Waals surface area (Å²) in [4.78, 5) is 9.94. The van der Waals surface area contributed by atoms with E-state index in [1.54, 1.807) is 0 Å². The molecule has 3 rings (SSSR count). The zero-order valence-electron chi connectivity index (χ0n) is 11.6. The van der Waals surface area contributed by atoms with E-state index in [4.69, 9.17) is 4.42 Å². The Morgan fingerprint density at radius 2 is 1.92 bits per heavy atom. The second kappa shape index (κ2) is 5.46. The lowest BCUT2D eigenvalue weighted by molar-refractivity contribution is -0.626. The van der Waals surface area contributed by atoms with Gasteiger partial charge in [0.1, 0.15) is 0 Å². The standard InChI is InChI=1S/C13H7FN4O6/c14-10-3-1-2-7(17(10)21)13-16-15-12(24-13)6-4-8(18(22)23)11(20)9(19)5-6/h1-5,19-20H. The Kier molecular flexibility index (Phi) is 3.45. The molecule has 0 fully saturated rings. The molecule has 0 aliphatic carbocycles. The van der Waals surface area contributed by atoms with Crippen LogP contribution < -0.4 is 4.73 Å². The molecule has 1 aromatic carbocycles. The number of benzene rings is 1. The fraction of sp³-hybridized carbons (Fsp3) is 0. The summed E-state index contributed by atoms with van der Waals surface area (Å²) < 4.78 is 18.4. The number of pyridine rings is 1. The molecule has 3 aromatic rings. The van der Waals surface area contributed by atoms with Crippen LogP contribution in [0.15, 0.2) is 34.7 Å². The van der Waals surface area contributed by atoms with Gasteiger partial charge in [0, 0.05) is 23.8 Å². The maximum atomic E-state index is 13.3. The number of hydrogen-bond acceptors (Lipinski definition) is 8. The second-order valence-corrected chi connectivity index (χ2v) is 4.56. The molecular weight excluding hydrogens is 327 g/mol. The van der Waals surface area contributed by atoms with Gasteiger partial charge in [-0.1, -0.05) is 0 Å². The molecule has 0 amide bonds. The summed E-state index contributed by atoms with van der Waals surface area (Å²) >= 11 is 0. The van der Waals surface area contributed by atoms with E-state index in [1.807, 2.05) is 0 Å². The molecule has 11 heteroatoms. The first-order chi connectivity index (χ1) is 11.4. The lowest BCUT2D eigenvalue weighted by atomic mass is 10.1. The van der Waals surface area contributed by atoms with Crippen LogP contribution in [0.5, 0.6) is 11.5 Å². The van der Waals surface area contributed by atoms with Crippen LogP contribution in [0.1, 0.15) is 0 Å². The van der Waals surface area contributed by atoms with Crippen LogP contribution in [0.4, 0.5) is 10.1 Å². The number of aromatic hydroxyl groups is 2. The minimum absolute atomic E-state index is 0.0615. The van der Waals surface area contributed by atoms with E-state index in [1.165, 1.54) is 12.1 Å². The fourth-order valence-electron chi connectivity index (χ4n) is 1.94. The van der Waals surface area contributed by atoms with E-state index >= 15 is 0 Å². The molecule has 24 heavy (non-hydrogen) atoms. The van der Waals surface area contributed by atoms with Gasteiger partial charge in [0.2, 0.25) is 11.6 Å². The Bertz CT molecular complexity index is 958. The fourth-order valence-corrected chi connectivity index (χ4v) is 1.94. The smallest absolute Gasteiger partial charge is 0.371 e. The molecule has 0 unspecified atom stereocenters. The van der Waals surface area contributed by atoms with E-state index in [0.29, 0.717) is 0 Å². The summed E-state index contributed by atoms with van der Waals surface area (Å²) in [6, 6.07) is 5.32. The number of nitrogens with zero attached hydrogens (tertiary/aromatic N) is 4. The number of phenols is 2. The van der Waals surface area contributed by atoms with E-state index in [-0.39, 0.29) is 27.8 Å². The first-order valence-electron chi connectivity index (χ1n) is 6.31. The topological polar surface area (TPSA) is 149 Å². The van der Waals surface area contributed by atoms with Crippen molar-refractivity contribution in [3.8, 4) is 34.5 Å². The largest absolute Gasteiger partial charge is 0.616 e. The van der Waals surface area contributed by atoms with E-state index in [2.05, 4.69) is 10.2 Å². The van der Waals surface area contributed by atoms with Gasteiger partial charge in [0.05, 0.1) is 4.92 Å². The van der Waals surface area contributed by atoms with Gasteiger partial charge in [-0.25, -0.2) is 0 Å². The van der Waals surface area contributed by atoms with Crippen LogP contribution in [0, 0.1) is 21.3 Å². The number of phenolic OH excluding ortho intramolecular Hbond substituents is 2.